The average Bonchev–Trinajstić information content (AvgIpc) is 2.42. The van der Waals surface area contributed by atoms with Crippen LogP contribution in [0.3, 0.4) is 0 Å². The first-order valence-corrected chi connectivity index (χ1v) is 5.92. The van der Waals surface area contributed by atoms with Crippen LogP contribution in [0.25, 0.3) is 0 Å². The van der Waals surface area contributed by atoms with Crippen molar-refractivity contribution in [3.8, 4) is 17.6 Å². The minimum absolute atomic E-state index is 0.143. The Hall–Kier alpha value is -2.71. The highest BCUT2D eigenvalue weighted by Crippen LogP contribution is 2.26. The van der Waals surface area contributed by atoms with Crippen LogP contribution in [0.5, 0.6) is 11.5 Å². The SMILES string of the molecule is N#Cc1ccc(Cl)cc1NC(=O)c1ccc(O)c(O)c1. The molecule has 2 aromatic carbocycles. The van der Waals surface area contributed by atoms with E-state index in [1.807, 2.05) is 6.07 Å². The highest BCUT2D eigenvalue weighted by atomic mass is 35.5. The van der Waals surface area contributed by atoms with E-state index < -0.39 is 11.7 Å². The number of carbonyl (C=O) groups is 1. The van der Waals surface area contributed by atoms with Gasteiger partial charge in [0.1, 0.15) is 6.07 Å². The first-order chi connectivity index (χ1) is 9.51. The molecule has 1 amide bonds. The van der Waals surface area contributed by atoms with Gasteiger partial charge in [0.25, 0.3) is 5.91 Å². The van der Waals surface area contributed by atoms with E-state index in [0.29, 0.717) is 5.02 Å². The van der Waals surface area contributed by atoms with Gasteiger partial charge in [-0.2, -0.15) is 5.26 Å². The Kier molecular flexibility index (Phi) is 3.78. The zero-order valence-electron chi connectivity index (χ0n) is 10.1. The lowest BCUT2D eigenvalue weighted by Crippen LogP contribution is -2.12. The fourth-order valence-corrected chi connectivity index (χ4v) is 1.75. The molecule has 6 heteroatoms. The van der Waals surface area contributed by atoms with Crippen molar-refractivity contribution in [3.05, 3.63) is 52.5 Å². The Morgan fingerprint density at radius 1 is 1.15 bits per heavy atom. The van der Waals surface area contributed by atoms with Crippen LogP contribution >= 0.6 is 11.6 Å². The maximum absolute atomic E-state index is 12.0. The van der Waals surface area contributed by atoms with Gasteiger partial charge in [-0.05, 0) is 36.4 Å². The van der Waals surface area contributed by atoms with E-state index in [1.54, 1.807) is 6.07 Å². The molecule has 2 aromatic rings. The minimum atomic E-state index is -0.529. The normalized spacial score (nSPS) is 9.80. The summed E-state index contributed by atoms with van der Waals surface area (Å²) in [6.07, 6.45) is 0. The number of rotatable bonds is 2. The van der Waals surface area contributed by atoms with Crippen LogP contribution in [0.15, 0.2) is 36.4 Å². The van der Waals surface area contributed by atoms with Crippen LogP contribution in [0.4, 0.5) is 5.69 Å². The number of amides is 1. The van der Waals surface area contributed by atoms with Crippen LogP contribution in [-0.4, -0.2) is 16.1 Å². The van der Waals surface area contributed by atoms with E-state index in [2.05, 4.69) is 5.32 Å². The summed E-state index contributed by atoms with van der Waals surface area (Å²) >= 11 is 5.82. The Morgan fingerprint density at radius 2 is 1.90 bits per heavy atom. The molecule has 2 rings (SSSR count). The molecular formula is C14H9ClN2O3. The number of carbonyl (C=O) groups excluding carboxylic acids is 1. The Labute approximate surface area is 119 Å². The lowest BCUT2D eigenvalue weighted by molar-refractivity contribution is 0.102. The Balaban J connectivity index is 2.30. The fraction of sp³-hybridized carbons (Fsp3) is 0. The summed E-state index contributed by atoms with van der Waals surface area (Å²) in [5.41, 5.74) is 0.687. The van der Waals surface area contributed by atoms with Gasteiger partial charge in [0, 0.05) is 10.6 Å². The standard InChI is InChI=1S/C14H9ClN2O3/c15-10-3-1-9(7-16)11(6-10)17-14(20)8-2-4-12(18)13(19)5-8/h1-6,18-19H,(H,17,20). The largest absolute Gasteiger partial charge is 0.504 e. The van der Waals surface area contributed by atoms with Crippen LogP contribution in [-0.2, 0) is 0 Å². The number of halogens is 1. The summed E-state index contributed by atoms with van der Waals surface area (Å²) in [7, 11) is 0. The van der Waals surface area contributed by atoms with E-state index in [1.165, 1.54) is 24.3 Å². The van der Waals surface area contributed by atoms with Crippen molar-refractivity contribution in [1.82, 2.24) is 0 Å². The van der Waals surface area contributed by atoms with E-state index in [4.69, 9.17) is 16.9 Å². The third-order valence-electron chi connectivity index (χ3n) is 2.59. The second kappa shape index (κ2) is 5.51. The topological polar surface area (TPSA) is 93.4 Å². The number of hydrogen-bond acceptors (Lipinski definition) is 4. The predicted octanol–water partition coefficient (Wildman–Crippen LogP) is 2.88. The summed E-state index contributed by atoms with van der Waals surface area (Å²) in [5.74, 6) is -1.25. The van der Waals surface area contributed by atoms with Gasteiger partial charge >= 0.3 is 0 Å². The molecule has 0 aliphatic carbocycles. The molecule has 0 aliphatic heterocycles. The second-order valence-corrected chi connectivity index (χ2v) is 4.40. The number of benzene rings is 2. The number of anilines is 1. The van der Waals surface area contributed by atoms with Crippen LogP contribution < -0.4 is 5.32 Å². The number of nitrogens with one attached hydrogen (secondary N) is 1. The second-order valence-electron chi connectivity index (χ2n) is 3.96. The van der Waals surface area contributed by atoms with Crippen molar-refractivity contribution < 1.29 is 15.0 Å². The molecule has 0 saturated heterocycles. The zero-order valence-corrected chi connectivity index (χ0v) is 10.8. The molecule has 0 saturated carbocycles. The van der Waals surface area contributed by atoms with Crippen molar-refractivity contribution in [2.24, 2.45) is 0 Å². The van der Waals surface area contributed by atoms with E-state index in [0.717, 1.165) is 6.07 Å². The number of hydrogen-bond donors (Lipinski definition) is 3. The van der Waals surface area contributed by atoms with E-state index in [-0.39, 0.29) is 22.6 Å². The first-order valence-electron chi connectivity index (χ1n) is 5.54. The van der Waals surface area contributed by atoms with Gasteiger partial charge in [-0.3, -0.25) is 4.79 Å². The smallest absolute Gasteiger partial charge is 0.255 e. The van der Waals surface area contributed by atoms with Crippen LogP contribution in [0.1, 0.15) is 15.9 Å². The summed E-state index contributed by atoms with van der Waals surface area (Å²) in [5, 5.41) is 30.4. The average molecular weight is 289 g/mol. The molecule has 0 atom stereocenters. The molecule has 0 unspecified atom stereocenters. The minimum Gasteiger partial charge on any atom is -0.504 e. The lowest BCUT2D eigenvalue weighted by atomic mass is 10.1. The molecule has 0 aliphatic rings. The van der Waals surface area contributed by atoms with Crippen molar-refractivity contribution in [3.63, 3.8) is 0 Å². The molecule has 0 bridgehead atoms. The molecule has 0 fully saturated rings. The zero-order chi connectivity index (χ0) is 14.7. The Morgan fingerprint density at radius 3 is 2.55 bits per heavy atom. The molecule has 3 N–H and O–H groups in total. The molecular weight excluding hydrogens is 280 g/mol. The molecule has 20 heavy (non-hydrogen) atoms. The number of nitriles is 1. The molecule has 5 nitrogen and oxygen atoms in total. The van der Waals surface area contributed by atoms with Gasteiger partial charge in [0.05, 0.1) is 11.3 Å². The molecule has 100 valence electrons. The maximum Gasteiger partial charge on any atom is 0.255 e. The number of aromatic hydroxyl groups is 2. The third-order valence-corrected chi connectivity index (χ3v) is 2.82. The van der Waals surface area contributed by atoms with Crippen molar-refractivity contribution >= 4 is 23.2 Å². The third kappa shape index (κ3) is 2.82. The van der Waals surface area contributed by atoms with E-state index >= 15 is 0 Å². The summed E-state index contributed by atoms with van der Waals surface area (Å²) < 4.78 is 0. The number of phenols is 2. The summed E-state index contributed by atoms with van der Waals surface area (Å²) in [4.78, 5) is 12.0. The summed E-state index contributed by atoms with van der Waals surface area (Å²) in [6.45, 7) is 0. The highest BCUT2D eigenvalue weighted by Gasteiger charge is 2.11. The van der Waals surface area contributed by atoms with Crippen LogP contribution in [0.2, 0.25) is 5.02 Å². The maximum atomic E-state index is 12.0. The van der Waals surface area contributed by atoms with Gasteiger partial charge in [0.2, 0.25) is 0 Å². The first kappa shape index (κ1) is 13.7. The molecule has 0 spiro atoms. The number of nitrogens with zero attached hydrogens (tertiary/aromatic N) is 1. The van der Waals surface area contributed by atoms with Crippen LogP contribution in [0, 0.1) is 11.3 Å². The quantitative estimate of drug-likeness (QED) is 0.741. The van der Waals surface area contributed by atoms with Gasteiger partial charge < -0.3 is 15.5 Å². The number of phenolic OH excluding ortho intramolecular Hbond substituents is 2. The van der Waals surface area contributed by atoms with Crippen molar-refractivity contribution in [2.75, 3.05) is 5.32 Å². The fourth-order valence-electron chi connectivity index (χ4n) is 1.58. The summed E-state index contributed by atoms with van der Waals surface area (Å²) in [6, 6.07) is 10.1. The van der Waals surface area contributed by atoms with Gasteiger partial charge in [-0.15, -0.1) is 0 Å². The monoisotopic (exact) mass is 288 g/mol. The molecule has 0 radical (unpaired) electrons. The highest BCUT2D eigenvalue weighted by molar-refractivity contribution is 6.31. The Bertz CT molecular complexity index is 723. The van der Waals surface area contributed by atoms with E-state index in [9.17, 15) is 15.0 Å². The lowest BCUT2D eigenvalue weighted by Gasteiger charge is -2.08. The van der Waals surface area contributed by atoms with Gasteiger partial charge in [-0.1, -0.05) is 11.6 Å². The molecule has 0 aromatic heterocycles. The molecule has 0 heterocycles. The van der Waals surface area contributed by atoms with Gasteiger partial charge in [0.15, 0.2) is 11.5 Å². The predicted molar refractivity (Wildman–Crippen MR) is 73.9 cm³/mol. The van der Waals surface area contributed by atoms with Crippen molar-refractivity contribution in [1.29, 1.82) is 5.26 Å². The van der Waals surface area contributed by atoms with Gasteiger partial charge in [-0.25, -0.2) is 0 Å². The van der Waals surface area contributed by atoms with Crippen molar-refractivity contribution in [2.45, 2.75) is 0 Å².